The SMILES string of the molecule is Clc1ccc2c(c1)CC(NCCC1CCCC1)C2. The highest BCUT2D eigenvalue weighted by Gasteiger charge is 2.21. The third-order valence-electron chi connectivity index (χ3n) is 4.56. The topological polar surface area (TPSA) is 12.0 Å². The van der Waals surface area contributed by atoms with Crippen LogP contribution in [0.25, 0.3) is 0 Å². The zero-order valence-corrected chi connectivity index (χ0v) is 11.7. The van der Waals surface area contributed by atoms with Crippen LogP contribution < -0.4 is 5.32 Å². The lowest BCUT2D eigenvalue weighted by molar-refractivity contribution is 0.444. The van der Waals surface area contributed by atoms with Crippen LogP contribution in [0.15, 0.2) is 18.2 Å². The molecule has 1 unspecified atom stereocenters. The number of hydrogen-bond acceptors (Lipinski definition) is 1. The highest BCUT2D eigenvalue weighted by molar-refractivity contribution is 6.30. The number of halogens is 1. The van der Waals surface area contributed by atoms with Gasteiger partial charge in [-0.1, -0.05) is 43.4 Å². The molecule has 2 aliphatic rings. The summed E-state index contributed by atoms with van der Waals surface area (Å²) in [6.45, 7) is 1.19. The molecule has 0 saturated heterocycles. The molecule has 1 atom stereocenters. The van der Waals surface area contributed by atoms with Crippen molar-refractivity contribution in [1.82, 2.24) is 5.32 Å². The molecule has 0 spiro atoms. The Hall–Kier alpha value is -0.530. The first-order chi connectivity index (χ1) is 8.81. The number of benzene rings is 1. The molecule has 1 nitrogen and oxygen atoms in total. The Kier molecular flexibility index (Phi) is 3.91. The molecule has 18 heavy (non-hydrogen) atoms. The van der Waals surface area contributed by atoms with Crippen molar-refractivity contribution >= 4 is 11.6 Å². The van der Waals surface area contributed by atoms with Gasteiger partial charge in [0.15, 0.2) is 0 Å². The third kappa shape index (κ3) is 2.89. The molecule has 1 aromatic rings. The summed E-state index contributed by atoms with van der Waals surface area (Å²) in [6.07, 6.45) is 9.53. The minimum absolute atomic E-state index is 0.639. The van der Waals surface area contributed by atoms with Gasteiger partial charge in [0.1, 0.15) is 0 Å². The largest absolute Gasteiger partial charge is 0.313 e. The highest BCUT2D eigenvalue weighted by atomic mass is 35.5. The maximum Gasteiger partial charge on any atom is 0.0408 e. The summed E-state index contributed by atoms with van der Waals surface area (Å²) in [5.41, 5.74) is 2.93. The minimum Gasteiger partial charge on any atom is -0.313 e. The van der Waals surface area contributed by atoms with Crippen molar-refractivity contribution < 1.29 is 0 Å². The van der Waals surface area contributed by atoms with Gasteiger partial charge in [0.05, 0.1) is 0 Å². The maximum atomic E-state index is 6.04. The van der Waals surface area contributed by atoms with E-state index in [1.165, 1.54) is 56.2 Å². The molecular weight excluding hydrogens is 242 g/mol. The molecule has 0 aromatic heterocycles. The minimum atomic E-state index is 0.639. The highest BCUT2D eigenvalue weighted by Crippen LogP contribution is 2.28. The van der Waals surface area contributed by atoms with Gasteiger partial charge in [-0.3, -0.25) is 0 Å². The molecule has 1 saturated carbocycles. The average molecular weight is 264 g/mol. The van der Waals surface area contributed by atoms with Gasteiger partial charge in [0.2, 0.25) is 0 Å². The molecule has 1 fully saturated rings. The van der Waals surface area contributed by atoms with E-state index < -0.39 is 0 Å². The van der Waals surface area contributed by atoms with Crippen molar-refractivity contribution in [3.63, 3.8) is 0 Å². The van der Waals surface area contributed by atoms with Gasteiger partial charge in [-0.25, -0.2) is 0 Å². The zero-order chi connectivity index (χ0) is 12.4. The van der Waals surface area contributed by atoms with Crippen LogP contribution in [-0.4, -0.2) is 12.6 Å². The second-order valence-electron chi connectivity index (χ2n) is 5.91. The summed E-state index contributed by atoms with van der Waals surface area (Å²) in [6, 6.07) is 6.98. The van der Waals surface area contributed by atoms with Crippen LogP contribution in [0.3, 0.4) is 0 Å². The molecule has 1 N–H and O–H groups in total. The predicted molar refractivity (Wildman–Crippen MR) is 77.2 cm³/mol. The number of hydrogen-bond donors (Lipinski definition) is 1. The first kappa shape index (κ1) is 12.5. The number of nitrogens with one attached hydrogen (secondary N) is 1. The van der Waals surface area contributed by atoms with E-state index in [-0.39, 0.29) is 0 Å². The van der Waals surface area contributed by atoms with E-state index in [2.05, 4.69) is 17.4 Å². The standard InChI is InChI=1S/C16H22ClN/c17-15-6-5-13-10-16(11-14(13)9-15)18-8-7-12-3-1-2-4-12/h5-6,9,12,16,18H,1-4,7-8,10-11H2. The van der Waals surface area contributed by atoms with Gasteiger partial charge in [-0.15, -0.1) is 0 Å². The molecule has 0 bridgehead atoms. The summed E-state index contributed by atoms with van der Waals surface area (Å²) in [7, 11) is 0. The Balaban J connectivity index is 1.46. The van der Waals surface area contributed by atoms with Crippen molar-refractivity contribution in [2.75, 3.05) is 6.54 Å². The van der Waals surface area contributed by atoms with E-state index in [9.17, 15) is 0 Å². The van der Waals surface area contributed by atoms with Gasteiger partial charge < -0.3 is 5.32 Å². The van der Waals surface area contributed by atoms with Crippen LogP contribution in [0, 0.1) is 5.92 Å². The van der Waals surface area contributed by atoms with Gasteiger partial charge in [0, 0.05) is 11.1 Å². The van der Waals surface area contributed by atoms with Crippen molar-refractivity contribution in [2.45, 2.75) is 51.0 Å². The number of rotatable bonds is 4. The van der Waals surface area contributed by atoms with Crippen molar-refractivity contribution in [3.05, 3.63) is 34.3 Å². The van der Waals surface area contributed by atoms with Crippen LogP contribution in [0.2, 0.25) is 5.02 Å². The fourth-order valence-electron chi connectivity index (χ4n) is 3.52. The number of fused-ring (bicyclic) bond motifs is 1. The third-order valence-corrected chi connectivity index (χ3v) is 4.80. The molecule has 2 aliphatic carbocycles. The molecule has 0 aliphatic heterocycles. The molecule has 0 radical (unpaired) electrons. The smallest absolute Gasteiger partial charge is 0.0408 e. The second-order valence-corrected chi connectivity index (χ2v) is 6.35. The molecule has 0 heterocycles. The van der Waals surface area contributed by atoms with Crippen LogP contribution >= 0.6 is 11.6 Å². The molecule has 98 valence electrons. The first-order valence-corrected chi connectivity index (χ1v) is 7.70. The van der Waals surface area contributed by atoms with Crippen molar-refractivity contribution in [1.29, 1.82) is 0 Å². The van der Waals surface area contributed by atoms with Crippen LogP contribution in [0.4, 0.5) is 0 Å². The quantitative estimate of drug-likeness (QED) is 0.867. The molecule has 2 heteroatoms. The van der Waals surface area contributed by atoms with Crippen molar-refractivity contribution in [3.8, 4) is 0 Å². The lowest BCUT2D eigenvalue weighted by atomic mass is 10.0. The van der Waals surface area contributed by atoms with E-state index in [1.807, 2.05) is 6.07 Å². The van der Waals surface area contributed by atoms with E-state index in [1.54, 1.807) is 0 Å². The maximum absolute atomic E-state index is 6.04. The predicted octanol–water partition coefficient (Wildman–Crippen LogP) is 3.98. The van der Waals surface area contributed by atoms with E-state index >= 15 is 0 Å². The fraction of sp³-hybridized carbons (Fsp3) is 0.625. The molecule has 0 amide bonds. The summed E-state index contributed by atoms with van der Waals surface area (Å²) in [5.74, 6) is 0.996. The summed E-state index contributed by atoms with van der Waals surface area (Å²) in [4.78, 5) is 0. The van der Waals surface area contributed by atoms with Crippen LogP contribution in [0.5, 0.6) is 0 Å². The van der Waals surface area contributed by atoms with Gasteiger partial charge in [0.25, 0.3) is 0 Å². The summed E-state index contributed by atoms with van der Waals surface area (Å²) >= 11 is 6.04. The Morgan fingerprint density at radius 1 is 1.11 bits per heavy atom. The van der Waals surface area contributed by atoms with Crippen LogP contribution in [-0.2, 0) is 12.8 Å². The lowest BCUT2D eigenvalue weighted by Gasteiger charge is -2.14. The Morgan fingerprint density at radius 2 is 1.89 bits per heavy atom. The van der Waals surface area contributed by atoms with E-state index in [4.69, 9.17) is 11.6 Å². The second kappa shape index (κ2) is 5.63. The van der Waals surface area contributed by atoms with Crippen molar-refractivity contribution in [2.24, 2.45) is 5.92 Å². The summed E-state index contributed by atoms with van der Waals surface area (Å²) in [5, 5.41) is 4.61. The normalized spacial score (nSPS) is 23.5. The van der Waals surface area contributed by atoms with E-state index in [0.29, 0.717) is 6.04 Å². The van der Waals surface area contributed by atoms with E-state index in [0.717, 1.165) is 17.4 Å². The lowest BCUT2D eigenvalue weighted by Crippen LogP contribution is -2.31. The molecular formula is C16H22ClN. The molecule has 3 rings (SSSR count). The first-order valence-electron chi connectivity index (χ1n) is 7.32. The van der Waals surface area contributed by atoms with Gasteiger partial charge in [-0.2, -0.15) is 0 Å². The van der Waals surface area contributed by atoms with Crippen LogP contribution in [0.1, 0.15) is 43.2 Å². The average Bonchev–Trinajstić information content (AvgIpc) is 2.97. The Bertz CT molecular complexity index is 410. The Labute approximate surface area is 115 Å². The molecule has 1 aromatic carbocycles. The fourth-order valence-corrected chi connectivity index (χ4v) is 3.72. The monoisotopic (exact) mass is 263 g/mol. The zero-order valence-electron chi connectivity index (χ0n) is 10.9. The summed E-state index contributed by atoms with van der Waals surface area (Å²) < 4.78 is 0. The van der Waals surface area contributed by atoms with Gasteiger partial charge >= 0.3 is 0 Å². The Morgan fingerprint density at radius 3 is 2.72 bits per heavy atom. The van der Waals surface area contributed by atoms with Gasteiger partial charge in [-0.05, 0) is 55.0 Å².